The molecule has 3 aromatic rings. The largest absolute Gasteiger partial charge is 0.300 e. The maximum Gasteiger partial charge on any atom is 0.236 e. The Kier molecular flexibility index (Phi) is 4.70. The predicted octanol–water partition coefficient (Wildman–Crippen LogP) is 3.89. The summed E-state index contributed by atoms with van der Waals surface area (Å²) in [5.41, 5.74) is 1.38. The molecule has 0 bridgehead atoms. The maximum absolute atomic E-state index is 12.2. The van der Waals surface area contributed by atoms with Gasteiger partial charge in [0.15, 0.2) is 0 Å². The van der Waals surface area contributed by atoms with Crippen LogP contribution >= 0.6 is 34.4 Å². The van der Waals surface area contributed by atoms with E-state index in [0.717, 1.165) is 33.1 Å². The molecule has 130 valence electrons. The van der Waals surface area contributed by atoms with Gasteiger partial charge in [0.05, 0.1) is 5.75 Å². The molecule has 3 heterocycles. The number of aromatic nitrogens is 4. The minimum Gasteiger partial charge on any atom is -0.300 e. The van der Waals surface area contributed by atoms with Gasteiger partial charge in [0.1, 0.15) is 21.2 Å². The molecule has 1 aliphatic carbocycles. The Morgan fingerprint density at radius 1 is 1.28 bits per heavy atom. The zero-order valence-electron chi connectivity index (χ0n) is 13.9. The lowest BCUT2D eigenvalue weighted by atomic mass is 10.2. The predicted molar refractivity (Wildman–Crippen MR) is 103 cm³/mol. The fourth-order valence-electron chi connectivity index (χ4n) is 2.82. The minimum atomic E-state index is -0.0879. The summed E-state index contributed by atoms with van der Waals surface area (Å²) in [6, 6.07) is 0. The normalized spacial score (nSPS) is 13.6. The number of carbonyl (C=O) groups is 1. The Morgan fingerprint density at radius 3 is 2.96 bits per heavy atom. The van der Waals surface area contributed by atoms with Crippen molar-refractivity contribution in [1.29, 1.82) is 0 Å². The third-order valence-electron chi connectivity index (χ3n) is 3.99. The summed E-state index contributed by atoms with van der Waals surface area (Å²) >= 11 is 4.65. The number of carbonyl (C=O) groups excluding carboxylic acids is 1. The quantitative estimate of drug-likeness (QED) is 0.525. The van der Waals surface area contributed by atoms with E-state index < -0.39 is 0 Å². The third kappa shape index (κ3) is 3.40. The van der Waals surface area contributed by atoms with E-state index in [4.69, 9.17) is 0 Å². The zero-order chi connectivity index (χ0) is 17.4. The monoisotopic (exact) mass is 391 g/mol. The summed E-state index contributed by atoms with van der Waals surface area (Å²) in [5, 5.41) is 14.5. The van der Waals surface area contributed by atoms with Crippen LogP contribution in [0.5, 0.6) is 0 Å². The van der Waals surface area contributed by atoms with Gasteiger partial charge < -0.3 is 0 Å². The van der Waals surface area contributed by atoms with Gasteiger partial charge in [0.25, 0.3) is 0 Å². The Bertz CT molecular complexity index is 933. The van der Waals surface area contributed by atoms with Crippen molar-refractivity contribution in [2.75, 3.05) is 11.1 Å². The van der Waals surface area contributed by atoms with Crippen molar-refractivity contribution < 1.29 is 4.79 Å². The smallest absolute Gasteiger partial charge is 0.236 e. The van der Waals surface area contributed by atoms with E-state index in [-0.39, 0.29) is 5.91 Å². The van der Waals surface area contributed by atoms with E-state index in [9.17, 15) is 4.79 Å². The molecule has 0 aromatic carbocycles. The number of hydrogen-bond donors (Lipinski definition) is 1. The average molecular weight is 392 g/mol. The molecule has 0 aliphatic heterocycles. The molecule has 6 nitrogen and oxygen atoms in total. The number of nitrogens with zero attached hydrogens (tertiary/aromatic N) is 4. The van der Waals surface area contributed by atoms with Crippen LogP contribution in [0, 0.1) is 0 Å². The number of thiophene rings is 1. The molecular formula is C16H17N5OS3. The first-order valence-electron chi connectivity index (χ1n) is 8.13. The number of anilines is 1. The summed E-state index contributed by atoms with van der Waals surface area (Å²) in [6.07, 6.45) is 5.02. The number of hydrogen-bond acceptors (Lipinski definition) is 8. The Balaban J connectivity index is 1.46. The van der Waals surface area contributed by atoms with Gasteiger partial charge >= 0.3 is 0 Å². The van der Waals surface area contributed by atoms with Gasteiger partial charge in [-0.1, -0.05) is 36.9 Å². The van der Waals surface area contributed by atoms with Crippen LogP contribution in [-0.2, 0) is 17.6 Å². The standard InChI is InChI=1S/C16H17N5OS3/c1-8(2)13-20-21-16(25-13)19-11(22)6-23-14-12-9-4-3-5-10(9)24-15(12)18-7-17-14/h7-8H,3-6H2,1-2H3,(H,19,21,22). The lowest BCUT2D eigenvalue weighted by Crippen LogP contribution is -2.14. The summed E-state index contributed by atoms with van der Waals surface area (Å²) in [6.45, 7) is 4.11. The van der Waals surface area contributed by atoms with Gasteiger partial charge in [-0.05, 0) is 24.8 Å². The van der Waals surface area contributed by atoms with Crippen molar-refractivity contribution in [3.8, 4) is 0 Å². The number of aryl methyl sites for hydroxylation is 2. The second-order valence-electron chi connectivity index (χ2n) is 6.15. The molecule has 1 aliphatic rings. The first-order chi connectivity index (χ1) is 12.1. The number of nitrogens with one attached hydrogen (secondary N) is 1. The highest BCUT2D eigenvalue weighted by atomic mass is 32.2. The average Bonchev–Trinajstić information content (AvgIpc) is 3.27. The maximum atomic E-state index is 12.2. The van der Waals surface area contributed by atoms with Gasteiger partial charge in [0.2, 0.25) is 11.0 Å². The molecule has 25 heavy (non-hydrogen) atoms. The Morgan fingerprint density at radius 2 is 2.16 bits per heavy atom. The summed E-state index contributed by atoms with van der Waals surface area (Å²) < 4.78 is 0. The number of thioether (sulfide) groups is 1. The molecule has 0 unspecified atom stereocenters. The van der Waals surface area contributed by atoms with E-state index in [0.29, 0.717) is 16.8 Å². The zero-order valence-corrected chi connectivity index (χ0v) is 16.4. The van der Waals surface area contributed by atoms with Gasteiger partial charge in [-0.15, -0.1) is 21.5 Å². The summed E-state index contributed by atoms with van der Waals surface area (Å²) in [7, 11) is 0. The van der Waals surface area contributed by atoms with Crippen molar-refractivity contribution in [1.82, 2.24) is 20.2 Å². The van der Waals surface area contributed by atoms with Crippen molar-refractivity contribution in [2.24, 2.45) is 0 Å². The van der Waals surface area contributed by atoms with Gasteiger partial charge in [0, 0.05) is 16.2 Å². The Hall–Kier alpha value is -1.58. The molecule has 9 heteroatoms. The molecule has 0 saturated heterocycles. The van der Waals surface area contributed by atoms with E-state index >= 15 is 0 Å². The first-order valence-corrected chi connectivity index (χ1v) is 10.7. The van der Waals surface area contributed by atoms with Crippen LogP contribution < -0.4 is 5.32 Å². The minimum absolute atomic E-state index is 0.0879. The van der Waals surface area contributed by atoms with Crippen LogP contribution in [0.3, 0.4) is 0 Å². The molecule has 1 amide bonds. The topological polar surface area (TPSA) is 80.7 Å². The van der Waals surface area contributed by atoms with E-state index in [1.54, 1.807) is 17.7 Å². The fourth-order valence-corrected chi connectivity index (χ4v) is 5.70. The second-order valence-corrected chi connectivity index (χ2v) is 9.21. The lowest BCUT2D eigenvalue weighted by molar-refractivity contribution is -0.113. The highest BCUT2D eigenvalue weighted by Crippen LogP contribution is 2.40. The summed E-state index contributed by atoms with van der Waals surface area (Å²) in [5.74, 6) is 0.524. The van der Waals surface area contributed by atoms with Crippen LogP contribution in [0.15, 0.2) is 11.4 Å². The molecule has 0 spiro atoms. The lowest BCUT2D eigenvalue weighted by Gasteiger charge is -2.04. The summed E-state index contributed by atoms with van der Waals surface area (Å²) in [4.78, 5) is 23.5. The molecule has 1 N–H and O–H groups in total. The molecule has 0 fully saturated rings. The van der Waals surface area contributed by atoms with Crippen molar-refractivity contribution in [3.63, 3.8) is 0 Å². The van der Waals surface area contributed by atoms with Crippen LogP contribution in [0.1, 0.15) is 41.6 Å². The fraction of sp³-hybridized carbons (Fsp3) is 0.438. The first kappa shape index (κ1) is 16.9. The molecule has 0 atom stereocenters. The highest BCUT2D eigenvalue weighted by molar-refractivity contribution is 8.00. The van der Waals surface area contributed by atoms with Gasteiger partial charge in [-0.3, -0.25) is 10.1 Å². The van der Waals surface area contributed by atoms with Crippen molar-refractivity contribution >= 4 is 55.7 Å². The third-order valence-corrected chi connectivity index (χ3v) is 7.32. The SMILES string of the molecule is CC(C)c1nnc(NC(=O)CSc2ncnc3sc4c(c23)CCC4)s1. The Labute approximate surface area is 157 Å². The van der Waals surface area contributed by atoms with E-state index in [1.165, 1.54) is 40.0 Å². The molecule has 0 saturated carbocycles. The highest BCUT2D eigenvalue weighted by Gasteiger charge is 2.21. The van der Waals surface area contributed by atoms with Crippen LogP contribution in [0.25, 0.3) is 10.2 Å². The van der Waals surface area contributed by atoms with Crippen molar-refractivity contribution in [3.05, 3.63) is 21.8 Å². The van der Waals surface area contributed by atoms with E-state index in [1.807, 2.05) is 0 Å². The van der Waals surface area contributed by atoms with Gasteiger partial charge in [-0.25, -0.2) is 9.97 Å². The number of fused-ring (bicyclic) bond motifs is 3. The molecule has 4 rings (SSSR count). The van der Waals surface area contributed by atoms with Gasteiger partial charge in [-0.2, -0.15) is 0 Å². The number of amides is 1. The molecule has 3 aromatic heterocycles. The van der Waals surface area contributed by atoms with Crippen LogP contribution in [-0.4, -0.2) is 31.8 Å². The van der Waals surface area contributed by atoms with Crippen LogP contribution in [0.4, 0.5) is 5.13 Å². The van der Waals surface area contributed by atoms with E-state index in [2.05, 4.69) is 39.3 Å². The molecule has 0 radical (unpaired) electrons. The van der Waals surface area contributed by atoms with Crippen molar-refractivity contribution in [2.45, 2.75) is 44.1 Å². The molecular weight excluding hydrogens is 374 g/mol. The number of rotatable bonds is 5. The van der Waals surface area contributed by atoms with Crippen LogP contribution in [0.2, 0.25) is 0 Å². The second kappa shape index (κ2) is 6.97.